The van der Waals surface area contributed by atoms with E-state index in [1.165, 1.54) is 0 Å². The second-order valence-corrected chi connectivity index (χ2v) is 3.58. The number of hydrogen-bond donors (Lipinski definition) is 1. The Hall–Kier alpha value is -2.37. The van der Waals surface area contributed by atoms with Gasteiger partial charge in [0.2, 0.25) is 0 Å². The van der Waals surface area contributed by atoms with E-state index in [2.05, 4.69) is 20.1 Å². The quantitative estimate of drug-likeness (QED) is 0.686. The van der Waals surface area contributed by atoms with E-state index in [0.29, 0.717) is 0 Å². The molecule has 0 atom stereocenters. The van der Waals surface area contributed by atoms with Gasteiger partial charge in [0.15, 0.2) is 0 Å². The van der Waals surface area contributed by atoms with Gasteiger partial charge in [-0.15, -0.1) is 0 Å². The first-order chi connectivity index (χ1) is 9.68. The summed E-state index contributed by atoms with van der Waals surface area (Å²) in [5, 5.41) is 3.83. The minimum atomic E-state index is 0.968. The molecule has 6 heteroatoms. The SMILES string of the molecule is CC.Cc1ncc[nH]1.Cn1cccn1.Cn1ccnc1. The van der Waals surface area contributed by atoms with Gasteiger partial charge in [-0.3, -0.25) is 4.68 Å². The van der Waals surface area contributed by atoms with Gasteiger partial charge in [0.05, 0.1) is 6.33 Å². The first-order valence-corrected chi connectivity index (χ1v) is 6.50. The summed E-state index contributed by atoms with van der Waals surface area (Å²) in [5.74, 6) is 0.968. The molecule has 20 heavy (non-hydrogen) atoms. The van der Waals surface area contributed by atoms with Crippen LogP contribution >= 0.6 is 0 Å². The van der Waals surface area contributed by atoms with Gasteiger partial charge in [0, 0.05) is 51.3 Å². The monoisotopic (exact) mass is 276 g/mol. The van der Waals surface area contributed by atoms with Crippen molar-refractivity contribution < 1.29 is 0 Å². The van der Waals surface area contributed by atoms with Crippen LogP contribution in [0.25, 0.3) is 0 Å². The molecule has 0 saturated carbocycles. The number of aromatic amines is 1. The van der Waals surface area contributed by atoms with Crippen molar-refractivity contribution in [2.24, 2.45) is 14.1 Å². The van der Waals surface area contributed by atoms with E-state index < -0.39 is 0 Å². The van der Waals surface area contributed by atoms with Crippen LogP contribution in [-0.4, -0.2) is 29.3 Å². The van der Waals surface area contributed by atoms with Crippen LogP contribution in [0.3, 0.4) is 0 Å². The summed E-state index contributed by atoms with van der Waals surface area (Å²) in [6.45, 7) is 5.92. The molecule has 0 amide bonds. The Labute approximate surface area is 120 Å². The average molecular weight is 276 g/mol. The highest BCUT2D eigenvalue weighted by atomic mass is 15.2. The van der Waals surface area contributed by atoms with Crippen molar-refractivity contribution in [1.29, 1.82) is 0 Å². The molecular formula is C14H24N6. The molecule has 0 aliphatic heterocycles. The zero-order chi connectivity index (χ0) is 15.2. The third kappa shape index (κ3) is 9.64. The second kappa shape index (κ2) is 11.7. The van der Waals surface area contributed by atoms with Gasteiger partial charge >= 0.3 is 0 Å². The van der Waals surface area contributed by atoms with Gasteiger partial charge in [-0.05, 0) is 13.0 Å². The van der Waals surface area contributed by atoms with Crippen LogP contribution in [0, 0.1) is 6.92 Å². The molecule has 3 aromatic rings. The van der Waals surface area contributed by atoms with E-state index >= 15 is 0 Å². The Bertz CT molecular complexity index is 405. The number of nitrogens with one attached hydrogen (secondary N) is 1. The highest BCUT2D eigenvalue weighted by molar-refractivity contribution is 4.80. The maximum absolute atomic E-state index is 3.86. The van der Waals surface area contributed by atoms with Gasteiger partial charge in [-0.25, -0.2) is 9.97 Å². The fraction of sp³-hybridized carbons (Fsp3) is 0.357. The normalized spacial score (nSPS) is 8.25. The number of rotatable bonds is 0. The molecule has 0 aliphatic carbocycles. The largest absolute Gasteiger partial charge is 0.349 e. The van der Waals surface area contributed by atoms with E-state index in [0.717, 1.165) is 5.82 Å². The molecule has 6 nitrogen and oxygen atoms in total. The smallest absolute Gasteiger partial charge is 0.102 e. The zero-order valence-corrected chi connectivity index (χ0v) is 12.9. The Balaban J connectivity index is 0.000000255. The van der Waals surface area contributed by atoms with Crippen LogP contribution in [-0.2, 0) is 14.1 Å². The molecule has 0 bridgehead atoms. The van der Waals surface area contributed by atoms with Crippen molar-refractivity contribution in [3.63, 3.8) is 0 Å². The van der Waals surface area contributed by atoms with Crippen LogP contribution in [0.15, 0.2) is 49.6 Å². The number of H-pyrrole nitrogens is 1. The number of hydrogen-bond acceptors (Lipinski definition) is 3. The first-order valence-electron chi connectivity index (χ1n) is 6.50. The van der Waals surface area contributed by atoms with Crippen LogP contribution in [0.5, 0.6) is 0 Å². The lowest BCUT2D eigenvalue weighted by atomic mass is 10.8. The van der Waals surface area contributed by atoms with Gasteiger partial charge < -0.3 is 9.55 Å². The summed E-state index contributed by atoms with van der Waals surface area (Å²) >= 11 is 0. The molecule has 3 aromatic heterocycles. The Morgan fingerprint density at radius 3 is 1.95 bits per heavy atom. The van der Waals surface area contributed by atoms with Gasteiger partial charge in [-0.1, -0.05) is 13.8 Å². The Kier molecular flexibility index (Phi) is 10.3. The van der Waals surface area contributed by atoms with Gasteiger partial charge in [0.1, 0.15) is 5.82 Å². The minimum Gasteiger partial charge on any atom is -0.349 e. The first kappa shape index (κ1) is 17.6. The van der Waals surface area contributed by atoms with E-state index in [1.807, 2.05) is 57.9 Å². The molecule has 0 aliphatic rings. The van der Waals surface area contributed by atoms with Crippen molar-refractivity contribution in [2.45, 2.75) is 20.8 Å². The lowest BCUT2D eigenvalue weighted by Gasteiger charge is -1.77. The van der Waals surface area contributed by atoms with E-state index in [1.54, 1.807) is 35.8 Å². The highest BCUT2D eigenvalue weighted by Crippen LogP contribution is 1.78. The number of imidazole rings is 2. The Morgan fingerprint density at radius 2 is 1.80 bits per heavy atom. The van der Waals surface area contributed by atoms with Crippen molar-refractivity contribution in [3.05, 3.63) is 55.4 Å². The zero-order valence-electron chi connectivity index (χ0n) is 12.9. The summed E-state index contributed by atoms with van der Waals surface area (Å²) < 4.78 is 3.64. The molecule has 3 rings (SSSR count). The third-order valence-electron chi connectivity index (χ3n) is 1.91. The standard InChI is InChI=1S/3C4H6N2.C2H6/c1-6-3-2-5-4-6;1-6-4-2-3-5-6;1-4-5-2-3-6-4;1-2/h2*2-4H,1H3;2-3H,1H3,(H,5,6);1-2H3. The molecule has 3 heterocycles. The summed E-state index contributed by atoms with van der Waals surface area (Å²) in [5.41, 5.74) is 0. The molecular weight excluding hydrogens is 252 g/mol. The third-order valence-corrected chi connectivity index (χ3v) is 1.91. The maximum Gasteiger partial charge on any atom is 0.102 e. The van der Waals surface area contributed by atoms with Crippen LogP contribution in [0.1, 0.15) is 19.7 Å². The summed E-state index contributed by atoms with van der Waals surface area (Å²) in [6.07, 6.45) is 12.6. The minimum absolute atomic E-state index is 0.968. The average Bonchev–Trinajstić information content (AvgIpc) is 3.19. The van der Waals surface area contributed by atoms with Crippen LogP contribution in [0.2, 0.25) is 0 Å². The maximum atomic E-state index is 3.86. The van der Waals surface area contributed by atoms with E-state index in [-0.39, 0.29) is 0 Å². The summed E-state index contributed by atoms with van der Waals surface area (Å²) in [4.78, 5) is 10.5. The fourth-order valence-corrected chi connectivity index (χ4v) is 1.02. The number of nitrogens with zero attached hydrogens (tertiary/aromatic N) is 5. The van der Waals surface area contributed by atoms with Crippen molar-refractivity contribution in [1.82, 2.24) is 29.3 Å². The van der Waals surface area contributed by atoms with E-state index in [9.17, 15) is 0 Å². The summed E-state index contributed by atoms with van der Waals surface area (Å²) in [7, 11) is 3.83. The number of aryl methyl sites for hydroxylation is 3. The lowest BCUT2D eigenvalue weighted by molar-refractivity contribution is 0.768. The molecule has 0 unspecified atom stereocenters. The molecule has 0 aromatic carbocycles. The lowest BCUT2D eigenvalue weighted by Crippen LogP contribution is -1.83. The molecule has 110 valence electrons. The number of aromatic nitrogens is 6. The highest BCUT2D eigenvalue weighted by Gasteiger charge is 1.73. The van der Waals surface area contributed by atoms with Crippen molar-refractivity contribution in [2.75, 3.05) is 0 Å². The van der Waals surface area contributed by atoms with Crippen molar-refractivity contribution in [3.8, 4) is 0 Å². The van der Waals surface area contributed by atoms with Gasteiger partial charge in [-0.2, -0.15) is 5.10 Å². The van der Waals surface area contributed by atoms with Crippen LogP contribution in [0.4, 0.5) is 0 Å². The fourth-order valence-electron chi connectivity index (χ4n) is 1.02. The molecule has 0 fully saturated rings. The van der Waals surface area contributed by atoms with E-state index in [4.69, 9.17) is 0 Å². The predicted octanol–water partition coefficient (Wildman–Crippen LogP) is 2.58. The molecule has 1 N–H and O–H groups in total. The topological polar surface area (TPSA) is 64.3 Å². The summed E-state index contributed by atoms with van der Waals surface area (Å²) in [6, 6.07) is 1.89. The molecule has 0 spiro atoms. The predicted molar refractivity (Wildman–Crippen MR) is 81.1 cm³/mol. The molecule has 0 radical (unpaired) electrons. The van der Waals surface area contributed by atoms with Crippen molar-refractivity contribution >= 4 is 0 Å². The Morgan fingerprint density at radius 1 is 1.05 bits per heavy atom. The van der Waals surface area contributed by atoms with Crippen LogP contribution < -0.4 is 0 Å². The van der Waals surface area contributed by atoms with Gasteiger partial charge in [0.25, 0.3) is 0 Å². The second-order valence-electron chi connectivity index (χ2n) is 3.58. The molecule has 0 saturated heterocycles.